The van der Waals surface area contributed by atoms with Gasteiger partial charge in [-0.2, -0.15) is 9.97 Å². The smallest absolute Gasteiger partial charge is 0.227 e. The third-order valence-electron chi connectivity index (χ3n) is 8.77. The molecule has 1 aromatic carbocycles. The van der Waals surface area contributed by atoms with E-state index in [1.54, 1.807) is 0 Å². The van der Waals surface area contributed by atoms with E-state index >= 15 is 0 Å². The summed E-state index contributed by atoms with van der Waals surface area (Å²) < 4.78 is 2.30. The number of hydrazine groups is 1. The molecule has 198 valence electrons. The molecule has 3 fully saturated rings. The zero-order valence-corrected chi connectivity index (χ0v) is 22.2. The average molecular weight is 503 g/mol. The minimum atomic E-state index is 0.330. The quantitative estimate of drug-likeness (QED) is 0.408. The van der Waals surface area contributed by atoms with E-state index in [1.807, 2.05) is 6.33 Å². The van der Waals surface area contributed by atoms with Crippen molar-refractivity contribution in [2.45, 2.75) is 95.7 Å². The van der Waals surface area contributed by atoms with Gasteiger partial charge in [0.25, 0.3) is 0 Å². The number of piperidine rings is 1. The van der Waals surface area contributed by atoms with Crippen LogP contribution in [-0.2, 0) is 6.42 Å². The standard InChI is InChI=1S/C29H42N8/c1-20-6-8-21(9-7-20)18-22-14-16-36(17-15-22)35-27-26-28(37(19-31-26)25-4-2-3-5-25)34-29(33-27)32-24-12-10-23(30)11-13-24/h6-9,19,22-25H,2-5,10-18,30H2,1H3,(H2,32,33,34,35). The van der Waals surface area contributed by atoms with Crippen LogP contribution in [0.1, 0.15) is 81.4 Å². The van der Waals surface area contributed by atoms with Crippen LogP contribution in [0.25, 0.3) is 11.2 Å². The molecule has 0 unspecified atom stereocenters. The Hall–Kier alpha value is -2.71. The highest BCUT2D eigenvalue weighted by atomic mass is 15.5. The molecule has 4 N–H and O–H groups in total. The lowest BCUT2D eigenvalue weighted by Crippen LogP contribution is -2.39. The summed E-state index contributed by atoms with van der Waals surface area (Å²) in [7, 11) is 0. The first-order valence-corrected chi connectivity index (χ1v) is 14.4. The second-order valence-electron chi connectivity index (χ2n) is 11.6. The van der Waals surface area contributed by atoms with Crippen molar-refractivity contribution in [1.29, 1.82) is 0 Å². The van der Waals surface area contributed by atoms with Crippen molar-refractivity contribution in [3.05, 3.63) is 41.7 Å². The van der Waals surface area contributed by atoms with Crippen LogP contribution in [-0.4, -0.2) is 49.7 Å². The van der Waals surface area contributed by atoms with Crippen molar-refractivity contribution in [3.8, 4) is 0 Å². The summed E-state index contributed by atoms with van der Waals surface area (Å²) in [4.78, 5) is 14.8. The third-order valence-corrected chi connectivity index (χ3v) is 8.77. The SMILES string of the molecule is Cc1ccc(CC2CCN(Nc3nc(NC4CCC(N)CC4)nc4c3ncn4C3CCCC3)CC2)cc1. The Morgan fingerprint density at radius 1 is 0.919 bits per heavy atom. The Kier molecular flexibility index (Phi) is 7.29. The fraction of sp³-hybridized carbons (Fsp3) is 0.621. The van der Waals surface area contributed by atoms with Gasteiger partial charge in [0.2, 0.25) is 5.95 Å². The van der Waals surface area contributed by atoms with Gasteiger partial charge in [0, 0.05) is 31.2 Å². The molecule has 37 heavy (non-hydrogen) atoms. The molecule has 1 aliphatic heterocycles. The van der Waals surface area contributed by atoms with E-state index in [4.69, 9.17) is 20.7 Å². The number of imidazole rings is 1. The van der Waals surface area contributed by atoms with Crippen molar-refractivity contribution < 1.29 is 0 Å². The molecule has 1 saturated heterocycles. The maximum Gasteiger partial charge on any atom is 0.227 e. The van der Waals surface area contributed by atoms with Gasteiger partial charge in [0.05, 0.1) is 6.33 Å². The van der Waals surface area contributed by atoms with Gasteiger partial charge in [-0.1, -0.05) is 42.7 Å². The molecule has 0 spiro atoms. The number of aromatic nitrogens is 4. The van der Waals surface area contributed by atoms with E-state index in [2.05, 4.69) is 51.5 Å². The number of nitrogens with zero attached hydrogens (tertiary/aromatic N) is 5. The Morgan fingerprint density at radius 3 is 2.38 bits per heavy atom. The first-order valence-electron chi connectivity index (χ1n) is 14.4. The molecule has 8 nitrogen and oxygen atoms in total. The summed E-state index contributed by atoms with van der Waals surface area (Å²) in [5.41, 5.74) is 14.4. The van der Waals surface area contributed by atoms with Gasteiger partial charge in [-0.25, -0.2) is 9.99 Å². The van der Waals surface area contributed by atoms with Gasteiger partial charge in [-0.15, -0.1) is 0 Å². The topological polar surface area (TPSA) is 96.9 Å². The zero-order valence-electron chi connectivity index (χ0n) is 22.2. The van der Waals surface area contributed by atoms with E-state index < -0.39 is 0 Å². The molecule has 0 radical (unpaired) electrons. The van der Waals surface area contributed by atoms with Crippen molar-refractivity contribution in [3.63, 3.8) is 0 Å². The van der Waals surface area contributed by atoms with E-state index in [9.17, 15) is 0 Å². The van der Waals surface area contributed by atoms with Crippen LogP contribution in [0.5, 0.6) is 0 Å². The number of benzene rings is 1. The van der Waals surface area contributed by atoms with Gasteiger partial charge in [-0.05, 0) is 76.2 Å². The molecule has 3 aliphatic rings. The van der Waals surface area contributed by atoms with Crippen LogP contribution in [0.2, 0.25) is 0 Å². The van der Waals surface area contributed by atoms with Crippen LogP contribution in [0, 0.1) is 12.8 Å². The molecule has 2 aromatic heterocycles. The highest BCUT2D eigenvalue weighted by Gasteiger charge is 2.26. The summed E-state index contributed by atoms with van der Waals surface area (Å²) in [6, 6.07) is 10.2. The van der Waals surface area contributed by atoms with Crippen LogP contribution < -0.4 is 16.5 Å². The van der Waals surface area contributed by atoms with Crippen molar-refractivity contribution in [1.82, 2.24) is 24.5 Å². The summed E-state index contributed by atoms with van der Waals surface area (Å²) in [6.45, 7) is 4.17. The number of nitrogens with one attached hydrogen (secondary N) is 2. The first-order chi connectivity index (χ1) is 18.1. The largest absolute Gasteiger partial charge is 0.351 e. The number of fused-ring (bicyclic) bond motifs is 1. The first kappa shape index (κ1) is 24.6. The Bertz CT molecular complexity index is 1170. The van der Waals surface area contributed by atoms with Gasteiger partial charge >= 0.3 is 0 Å². The van der Waals surface area contributed by atoms with E-state index in [0.717, 1.165) is 68.1 Å². The minimum absolute atomic E-state index is 0.330. The molecule has 8 heteroatoms. The second-order valence-corrected chi connectivity index (χ2v) is 11.6. The molecule has 0 atom stereocenters. The fourth-order valence-corrected chi connectivity index (χ4v) is 6.41. The zero-order chi connectivity index (χ0) is 25.2. The molecule has 0 bridgehead atoms. The van der Waals surface area contributed by atoms with E-state index in [-0.39, 0.29) is 0 Å². The van der Waals surface area contributed by atoms with E-state index in [1.165, 1.54) is 49.7 Å². The van der Waals surface area contributed by atoms with Crippen molar-refractivity contribution in [2.75, 3.05) is 23.8 Å². The lowest BCUT2D eigenvalue weighted by atomic mass is 9.90. The van der Waals surface area contributed by atoms with Crippen molar-refractivity contribution in [2.24, 2.45) is 11.7 Å². The third kappa shape index (κ3) is 5.75. The summed E-state index contributed by atoms with van der Waals surface area (Å²) in [6.07, 6.45) is 14.7. The maximum absolute atomic E-state index is 6.14. The molecule has 6 rings (SSSR count). The van der Waals surface area contributed by atoms with Gasteiger partial charge in [-0.3, -0.25) is 0 Å². The monoisotopic (exact) mass is 502 g/mol. The second kappa shape index (κ2) is 11.0. The number of aryl methyl sites for hydroxylation is 1. The lowest BCUT2D eigenvalue weighted by molar-refractivity contribution is 0.216. The van der Waals surface area contributed by atoms with Crippen LogP contribution >= 0.6 is 0 Å². The molecular weight excluding hydrogens is 460 g/mol. The van der Waals surface area contributed by atoms with E-state index in [0.29, 0.717) is 24.1 Å². The number of hydrogen-bond donors (Lipinski definition) is 3. The fourth-order valence-electron chi connectivity index (χ4n) is 6.41. The van der Waals surface area contributed by atoms with Crippen LogP contribution in [0.4, 0.5) is 11.8 Å². The minimum Gasteiger partial charge on any atom is -0.351 e. The van der Waals surface area contributed by atoms with Crippen molar-refractivity contribution >= 4 is 22.9 Å². The molecule has 3 aromatic rings. The molecule has 2 aliphatic carbocycles. The van der Waals surface area contributed by atoms with Gasteiger partial charge in [0.15, 0.2) is 17.0 Å². The summed E-state index contributed by atoms with van der Waals surface area (Å²) in [5, 5.41) is 5.96. The Labute approximate surface area is 220 Å². The summed E-state index contributed by atoms with van der Waals surface area (Å²) in [5.74, 6) is 2.26. The lowest BCUT2D eigenvalue weighted by Gasteiger charge is -2.32. The van der Waals surface area contributed by atoms with Gasteiger partial charge < -0.3 is 21.0 Å². The predicted octanol–water partition coefficient (Wildman–Crippen LogP) is 5.21. The summed E-state index contributed by atoms with van der Waals surface area (Å²) >= 11 is 0. The average Bonchev–Trinajstić information content (AvgIpc) is 3.58. The maximum atomic E-state index is 6.14. The number of rotatable bonds is 7. The molecule has 3 heterocycles. The van der Waals surface area contributed by atoms with Crippen LogP contribution in [0.15, 0.2) is 30.6 Å². The highest BCUT2D eigenvalue weighted by Crippen LogP contribution is 2.34. The molecule has 2 saturated carbocycles. The highest BCUT2D eigenvalue weighted by molar-refractivity contribution is 5.84. The van der Waals surface area contributed by atoms with Gasteiger partial charge in [0.1, 0.15) is 0 Å². The number of nitrogens with two attached hydrogens (primary N) is 1. The predicted molar refractivity (Wildman–Crippen MR) is 149 cm³/mol. The Morgan fingerprint density at radius 2 is 1.65 bits per heavy atom. The molecular formula is C29H42N8. The number of anilines is 2. The molecule has 0 amide bonds. The number of hydrogen-bond acceptors (Lipinski definition) is 7. The Balaban J connectivity index is 1.17. The normalized spacial score (nSPS) is 24.1. The van der Waals surface area contributed by atoms with Crippen LogP contribution in [0.3, 0.4) is 0 Å².